The minimum Gasteiger partial charge on any atom is -0.346 e. The fourth-order valence-electron chi connectivity index (χ4n) is 3.29. The van der Waals surface area contributed by atoms with Crippen LogP contribution < -0.4 is 5.32 Å². The summed E-state index contributed by atoms with van der Waals surface area (Å²) >= 11 is 6.36. The van der Waals surface area contributed by atoms with Gasteiger partial charge in [-0.05, 0) is 39.2 Å². The highest BCUT2D eigenvalue weighted by Crippen LogP contribution is 2.34. The standard InChI is InChI=1S/C16H21ClN6O2/c1-9-11(13(17)22(2)20-9)8-23-7-3-4-12(23)16-19-14(21-25-16)15(24)18-10-5-6-10/h10,12H,3-8H2,1-2H3,(H,18,24)/t12-/m0/s1. The van der Waals surface area contributed by atoms with Gasteiger partial charge in [0.2, 0.25) is 5.89 Å². The van der Waals surface area contributed by atoms with E-state index in [4.69, 9.17) is 16.1 Å². The molecular weight excluding hydrogens is 344 g/mol. The van der Waals surface area contributed by atoms with Crippen molar-refractivity contribution >= 4 is 17.5 Å². The number of amides is 1. The smallest absolute Gasteiger partial charge is 0.292 e. The van der Waals surface area contributed by atoms with Crippen LogP contribution in [0.1, 0.15) is 59.5 Å². The molecule has 2 aliphatic rings. The van der Waals surface area contributed by atoms with Crippen LogP contribution in [-0.2, 0) is 13.6 Å². The molecule has 2 aromatic rings. The van der Waals surface area contributed by atoms with Crippen LogP contribution in [0.5, 0.6) is 0 Å². The predicted molar refractivity (Wildman–Crippen MR) is 90.1 cm³/mol. The van der Waals surface area contributed by atoms with E-state index in [-0.39, 0.29) is 23.8 Å². The Balaban J connectivity index is 1.49. The lowest BCUT2D eigenvalue weighted by molar-refractivity contribution is 0.0937. The molecule has 8 nitrogen and oxygen atoms in total. The minimum atomic E-state index is -0.256. The Bertz CT molecular complexity index is 797. The Morgan fingerprint density at radius 2 is 2.20 bits per heavy atom. The number of hydrogen-bond donors (Lipinski definition) is 1. The summed E-state index contributed by atoms with van der Waals surface area (Å²) in [4.78, 5) is 18.6. The van der Waals surface area contributed by atoms with Gasteiger partial charge in [-0.1, -0.05) is 16.8 Å². The van der Waals surface area contributed by atoms with E-state index in [1.807, 2.05) is 14.0 Å². The van der Waals surface area contributed by atoms with E-state index in [1.165, 1.54) is 0 Å². The van der Waals surface area contributed by atoms with Crippen LogP contribution in [0, 0.1) is 6.92 Å². The molecule has 1 aliphatic heterocycles. The van der Waals surface area contributed by atoms with Gasteiger partial charge in [0.15, 0.2) is 0 Å². The quantitative estimate of drug-likeness (QED) is 0.872. The number of rotatable bonds is 5. The monoisotopic (exact) mass is 364 g/mol. The van der Waals surface area contributed by atoms with E-state index >= 15 is 0 Å². The minimum absolute atomic E-state index is 0.00523. The summed E-state index contributed by atoms with van der Waals surface area (Å²) in [6.45, 7) is 3.55. The van der Waals surface area contributed by atoms with E-state index in [2.05, 4.69) is 25.5 Å². The molecule has 0 radical (unpaired) electrons. The van der Waals surface area contributed by atoms with Crippen LogP contribution in [0.3, 0.4) is 0 Å². The lowest BCUT2D eigenvalue weighted by atomic mass is 10.2. The largest absolute Gasteiger partial charge is 0.346 e. The van der Waals surface area contributed by atoms with Crippen molar-refractivity contribution in [1.82, 2.24) is 30.1 Å². The lowest BCUT2D eigenvalue weighted by Crippen LogP contribution is -2.27. The van der Waals surface area contributed by atoms with Gasteiger partial charge in [-0.15, -0.1) is 0 Å². The van der Waals surface area contributed by atoms with Crippen molar-refractivity contribution in [2.45, 2.75) is 51.2 Å². The molecule has 1 amide bonds. The van der Waals surface area contributed by atoms with Gasteiger partial charge in [-0.2, -0.15) is 10.1 Å². The van der Waals surface area contributed by atoms with Crippen molar-refractivity contribution in [3.8, 4) is 0 Å². The fourth-order valence-corrected chi connectivity index (χ4v) is 3.53. The molecule has 9 heteroatoms. The zero-order valence-corrected chi connectivity index (χ0v) is 15.1. The van der Waals surface area contributed by atoms with Gasteiger partial charge in [0, 0.05) is 25.2 Å². The maximum Gasteiger partial charge on any atom is 0.292 e. The zero-order valence-electron chi connectivity index (χ0n) is 14.3. The molecule has 1 aliphatic carbocycles. The average Bonchev–Trinajstić information content (AvgIpc) is 2.99. The topological polar surface area (TPSA) is 89.1 Å². The third-order valence-corrected chi connectivity index (χ3v) is 5.31. The van der Waals surface area contributed by atoms with Crippen LogP contribution in [-0.4, -0.2) is 43.3 Å². The van der Waals surface area contributed by atoms with Crippen molar-refractivity contribution in [2.75, 3.05) is 6.54 Å². The SMILES string of the molecule is Cc1nn(C)c(Cl)c1CN1CCC[C@H]1c1nc(C(=O)NC2CC2)no1. The number of aromatic nitrogens is 4. The average molecular weight is 365 g/mol. The molecule has 1 atom stereocenters. The second-order valence-corrected chi connectivity index (χ2v) is 7.17. The summed E-state index contributed by atoms with van der Waals surface area (Å²) in [7, 11) is 1.84. The first kappa shape index (κ1) is 16.5. The van der Waals surface area contributed by atoms with Gasteiger partial charge >= 0.3 is 0 Å². The van der Waals surface area contributed by atoms with Gasteiger partial charge in [0.05, 0.1) is 11.7 Å². The Hall–Kier alpha value is -1.93. The molecule has 4 rings (SSSR count). The molecule has 1 N–H and O–H groups in total. The number of halogens is 1. The summed E-state index contributed by atoms with van der Waals surface area (Å²) in [5, 5.41) is 11.7. The highest BCUT2D eigenvalue weighted by atomic mass is 35.5. The number of likely N-dealkylation sites (tertiary alicyclic amines) is 1. The van der Waals surface area contributed by atoms with Crippen LogP contribution in [0.25, 0.3) is 0 Å². The molecule has 2 fully saturated rings. The van der Waals surface area contributed by atoms with Crippen LogP contribution >= 0.6 is 11.6 Å². The van der Waals surface area contributed by atoms with Gasteiger partial charge in [0.25, 0.3) is 11.7 Å². The second kappa shape index (κ2) is 6.42. The molecule has 3 heterocycles. The molecule has 0 aromatic carbocycles. The van der Waals surface area contributed by atoms with E-state index in [9.17, 15) is 4.79 Å². The predicted octanol–water partition coefficient (Wildman–Crippen LogP) is 1.99. The third-order valence-electron chi connectivity index (χ3n) is 4.84. The fraction of sp³-hybridized carbons (Fsp3) is 0.625. The summed E-state index contributed by atoms with van der Waals surface area (Å²) in [6.07, 6.45) is 4.01. The summed E-state index contributed by atoms with van der Waals surface area (Å²) in [6, 6.07) is 0.277. The first-order valence-electron chi connectivity index (χ1n) is 8.59. The molecular formula is C16H21ClN6O2. The van der Waals surface area contributed by atoms with Crippen LogP contribution in [0.15, 0.2) is 4.52 Å². The summed E-state index contributed by atoms with van der Waals surface area (Å²) in [5.74, 6) is 0.355. The van der Waals surface area contributed by atoms with Gasteiger partial charge in [-0.25, -0.2) is 0 Å². The van der Waals surface area contributed by atoms with Gasteiger partial charge < -0.3 is 9.84 Å². The highest BCUT2D eigenvalue weighted by Gasteiger charge is 2.33. The molecule has 0 bridgehead atoms. The number of nitrogens with one attached hydrogen (secondary N) is 1. The molecule has 0 spiro atoms. The third kappa shape index (κ3) is 3.28. The van der Waals surface area contributed by atoms with E-state index < -0.39 is 0 Å². The molecule has 0 unspecified atom stereocenters. The number of hydrogen-bond acceptors (Lipinski definition) is 6. The molecule has 134 valence electrons. The van der Waals surface area contributed by atoms with Crippen LogP contribution in [0.2, 0.25) is 5.15 Å². The first-order chi connectivity index (χ1) is 12.0. The molecule has 1 saturated carbocycles. The highest BCUT2D eigenvalue weighted by molar-refractivity contribution is 6.30. The number of nitrogens with zero attached hydrogens (tertiary/aromatic N) is 5. The van der Waals surface area contributed by atoms with E-state index in [1.54, 1.807) is 4.68 Å². The van der Waals surface area contributed by atoms with E-state index in [0.717, 1.165) is 43.5 Å². The Morgan fingerprint density at radius 1 is 1.40 bits per heavy atom. The summed E-state index contributed by atoms with van der Waals surface area (Å²) in [5.41, 5.74) is 1.94. The number of aryl methyl sites for hydroxylation is 2. The lowest BCUT2D eigenvalue weighted by Gasteiger charge is -2.21. The molecule has 2 aromatic heterocycles. The Kier molecular flexibility index (Phi) is 4.24. The van der Waals surface area contributed by atoms with Crippen molar-refractivity contribution < 1.29 is 9.32 Å². The van der Waals surface area contributed by atoms with Crippen molar-refractivity contribution in [3.63, 3.8) is 0 Å². The maximum atomic E-state index is 12.0. The second-order valence-electron chi connectivity index (χ2n) is 6.81. The van der Waals surface area contributed by atoms with Gasteiger partial charge in [0.1, 0.15) is 5.15 Å². The Labute approximate surface area is 150 Å². The number of carbonyl (C=O) groups is 1. The van der Waals surface area contributed by atoms with Crippen LogP contribution in [0.4, 0.5) is 0 Å². The maximum absolute atomic E-state index is 12.0. The molecule has 1 saturated heterocycles. The van der Waals surface area contributed by atoms with Crippen molar-refractivity contribution in [2.24, 2.45) is 7.05 Å². The number of carbonyl (C=O) groups excluding carboxylic acids is 1. The first-order valence-corrected chi connectivity index (χ1v) is 8.97. The van der Waals surface area contributed by atoms with Crippen molar-refractivity contribution in [3.05, 3.63) is 28.1 Å². The summed E-state index contributed by atoms with van der Waals surface area (Å²) < 4.78 is 7.07. The normalized spacial score (nSPS) is 21.0. The van der Waals surface area contributed by atoms with E-state index in [0.29, 0.717) is 17.6 Å². The van der Waals surface area contributed by atoms with Crippen molar-refractivity contribution in [1.29, 1.82) is 0 Å². The molecule has 25 heavy (non-hydrogen) atoms. The zero-order chi connectivity index (χ0) is 17.6. The Morgan fingerprint density at radius 3 is 2.88 bits per heavy atom. The van der Waals surface area contributed by atoms with Gasteiger partial charge in [-0.3, -0.25) is 14.4 Å².